The smallest absolute Gasteiger partial charge is 0.338 e. The van der Waals surface area contributed by atoms with Crippen molar-refractivity contribution in [2.75, 3.05) is 14.2 Å². The minimum absolute atomic E-state index is 0.386. The van der Waals surface area contributed by atoms with Crippen LogP contribution in [0.1, 0.15) is 20.7 Å². The first-order chi connectivity index (χ1) is 17.6. The number of ether oxygens (including phenoxy) is 2. The summed E-state index contributed by atoms with van der Waals surface area (Å²) in [6.07, 6.45) is 0. The number of aromatic amines is 2. The Kier molecular flexibility index (Phi) is 6.06. The minimum Gasteiger partial charge on any atom is -0.465 e. The molecule has 2 heterocycles. The highest BCUT2D eigenvalue weighted by molar-refractivity contribution is 5.97. The molecule has 0 fully saturated rings. The number of nitrogens with zero attached hydrogens (tertiary/aromatic N) is 4. The monoisotopic (exact) mass is 480 g/mol. The van der Waals surface area contributed by atoms with Crippen LogP contribution < -0.4 is 0 Å². The first-order valence-electron chi connectivity index (χ1n) is 10.9. The molecular formula is C26H20N6O4. The number of carbonyl (C=O) groups is 2. The van der Waals surface area contributed by atoms with E-state index < -0.39 is 11.9 Å². The second-order valence-electron chi connectivity index (χ2n) is 7.67. The first-order valence-corrected chi connectivity index (χ1v) is 10.9. The summed E-state index contributed by atoms with van der Waals surface area (Å²) in [5, 5.41) is 14.5. The fraction of sp³-hybridized carbons (Fsp3) is 0.0769. The van der Waals surface area contributed by atoms with Gasteiger partial charge in [0.15, 0.2) is 23.3 Å². The fourth-order valence-electron chi connectivity index (χ4n) is 3.78. The molecule has 2 N–H and O–H groups in total. The molecule has 5 aromatic rings. The van der Waals surface area contributed by atoms with E-state index in [1.54, 1.807) is 36.4 Å². The van der Waals surface area contributed by atoms with E-state index in [2.05, 4.69) is 30.4 Å². The Balaban J connectivity index is 1.46. The second-order valence-corrected chi connectivity index (χ2v) is 7.67. The number of hydrogen-bond donors (Lipinski definition) is 2. The average Bonchev–Trinajstić information content (AvgIpc) is 3.63. The normalized spacial score (nSPS) is 10.7. The summed E-state index contributed by atoms with van der Waals surface area (Å²) in [6.45, 7) is 0. The van der Waals surface area contributed by atoms with Crippen LogP contribution >= 0.6 is 0 Å². The molecule has 2 aromatic heterocycles. The van der Waals surface area contributed by atoms with Crippen LogP contribution in [0.4, 0.5) is 0 Å². The van der Waals surface area contributed by atoms with Crippen molar-refractivity contribution >= 4 is 11.9 Å². The molecule has 0 amide bonds. The van der Waals surface area contributed by atoms with Gasteiger partial charge in [0.25, 0.3) is 0 Å². The van der Waals surface area contributed by atoms with Gasteiger partial charge < -0.3 is 9.47 Å². The number of H-pyrrole nitrogens is 2. The van der Waals surface area contributed by atoms with E-state index in [4.69, 9.17) is 9.47 Å². The second kappa shape index (κ2) is 9.63. The van der Waals surface area contributed by atoms with Crippen LogP contribution in [0.5, 0.6) is 0 Å². The van der Waals surface area contributed by atoms with E-state index >= 15 is 0 Å². The molecule has 10 heteroatoms. The molecule has 0 bridgehead atoms. The van der Waals surface area contributed by atoms with Crippen LogP contribution in [0.15, 0.2) is 72.8 Å². The third kappa shape index (κ3) is 4.23. The summed E-state index contributed by atoms with van der Waals surface area (Å²) in [7, 11) is 2.66. The Hall–Kier alpha value is -5.12. The molecule has 0 aliphatic carbocycles. The number of methoxy groups -OCH3 is 2. The minimum atomic E-state index is -0.459. The standard InChI is InChI=1S/C26H20N6O4/c1-35-25(33)19-12-5-3-10-17(19)23-27-21(29-31-23)15-8-7-9-16(14-15)22-28-24(32-30-22)18-11-4-6-13-20(18)26(34)36-2/h3-14H,1-2H3,(H,27,29,31)(H,28,30,32). The molecule has 5 rings (SSSR count). The van der Waals surface area contributed by atoms with Gasteiger partial charge in [-0.15, -0.1) is 0 Å². The van der Waals surface area contributed by atoms with E-state index in [1.807, 2.05) is 36.4 Å². The molecule has 0 saturated heterocycles. The maximum atomic E-state index is 12.1. The number of carbonyl (C=O) groups excluding carboxylic acids is 2. The predicted octanol–water partition coefficient (Wildman–Crippen LogP) is 4.16. The highest BCUT2D eigenvalue weighted by Crippen LogP contribution is 2.28. The maximum absolute atomic E-state index is 12.1. The van der Waals surface area contributed by atoms with Crippen LogP contribution in [0.2, 0.25) is 0 Å². The van der Waals surface area contributed by atoms with E-state index in [9.17, 15) is 9.59 Å². The Morgan fingerprint density at radius 1 is 0.639 bits per heavy atom. The Morgan fingerprint density at radius 2 is 1.08 bits per heavy atom. The Morgan fingerprint density at radius 3 is 1.53 bits per heavy atom. The summed E-state index contributed by atoms with van der Waals surface area (Å²) in [5.74, 6) is 0.850. The number of hydrogen-bond acceptors (Lipinski definition) is 8. The van der Waals surface area contributed by atoms with Crippen molar-refractivity contribution in [2.24, 2.45) is 0 Å². The maximum Gasteiger partial charge on any atom is 0.338 e. The van der Waals surface area contributed by atoms with Gasteiger partial charge >= 0.3 is 11.9 Å². The topological polar surface area (TPSA) is 136 Å². The molecule has 10 nitrogen and oxygen atoms in total. The molecule has 0 spiro atoms. The van der Waals surface area contributed by atoms with Crippen LogP contribution in [-0.4, -0.2) is 56.5 Å². The molecule has 0 aliphatic rings. The van der Waals surface area contributed by atoms with Gasteiger partial charge in [0.05, 0.1) is 25.3 Å². The molecule has 0 saturated carbocycles. The van der Waals surface area contributed by atoms with Gasteiger partial charge in [-0.25, -0.2) is 19.6 Å². The third-order valence-electron chi connectivity index (χ3n) is 5.52. The molecule has 0 unspecified atom stereocenters. The molecule has 0 atom stereocenters. The van der Waals surface area contributed by atoms with Crippen molar-refractivity contribution in [1.29, 1.82) is 0 Å². The molecule has 36 heavy (non-hydrogen) atoms. The van der Waals surface area contributed by atoms with Gasteiger partial charge in [0, 0.05) is 22.3 Å². The number of esters is 2. The van der Waals surface area contributed by atoms with Crippen molar-refractivity contribution in [3.63, 3.8) is 0 Å². The van der Waals surface area contributed by atoms with Gasteiger partial charge in [-0.05, 0) is 18.2 Å². The highest BCUT2D eigenvalue weighted by atomic mass is 16.5. The molecule has 0 aliphatic heterocycles. The lowest BCUT2D eigenvalue weighted by Crippen LogP contribution is -2.03. The van der Waals surface area contributed by atoms with Gasteiger partial charge in [0.2, 0.25) is 0 Å². The Labute approximate surface area is 205 Å². The average molecular weight is 480 g/mol. The lowest BCUT2D eigenvalue weighted by molar-refractivity contribution is 0.0592. The SMILES string of the molecule is COC(=O)c1ccccc1-c1nc(-c2cccc(-c3n[nH]c(-c4ccccc4C(=O)OC)n3)c2)n[nH]1. The van der Waals surface area contributed by atoms with Crippen molar-refractivity contribution in [1.82, 2.24) is 30.4 Å². The summed E-state index contributed by atoms with van der Waals surface area (Å²) in [6, 6.07) is 21.4. The van der Waals surface area contributed by atoms with Crippen LogP contribution in [0.3, 0.4) is 0 Å². The largest absolute Gasteiger partial charge is 0.465 e. The van der Waals surface area contributed by atoms with E-state index in [0.29, 0.717) is 45.6 Å². The number of rotatable bonds is 6. The zero-order valence-electron chi connectivity index (χ0n) is 19.4. The van der Waals surface area contributed by atoms with E-state index in [1.165, 1.54) is 14.2 Å². The van der Waals surface area contributed by atoms with E-state index in [0.717, 1.165) is 11.1 Å². The van der Waals surface area contributed by atoms with Gasteiger partial charge in [-0.1, -0.05) is 54.6 Å². The predicted molar refractivity (Wildman–Crippen MR) is 131 cm³/mol. The summed E-state index contributed by atoms with van der Waals surface area (Å²) in [4.78, 5) is 33.4. The Bertz CT molecular complexity index is 1460. The lowest BCUT2D eigenvalue weighted by atomic mass is 10.1. The van der Waals surface area contributed by atoms with Gasteiger partial charge in [-0.3, -0.25) is 10.2 Å². The van der Waals surface area contributed by atoms with Crippen LogP contribution in [0, 0.1) is 0 Å². The van der Waals surface area contributed by atoms with Crippen LogP contribution in [0.25, 0.3) is 45.6 Å². The summed E-state index contributed by atoms with van der Waals surface area (Å²) >= 11 is 0. The summed E-state index contributed by atoms with van der Waals surface area (Å²) < 4.78 is 9.74. The zero-order chi connectivity index (χ0) is 25.1. The number of nitrogens with one attached hydrogen (secondary N) is 2. The van der Waals surface area contributed by atoms with Crippen molar-refractivity contribution in [3.05, 3.63) is 83.9 Å². The first kappa shape index (κ1) is 22.7. The lowest BCUT2D eigenvalue weighted by Gasteiger charge is -2.04. The molecular weight excluding hydrogens is 460 g/mol. The molecule has 178 valence electrons. The quantitative estimate of drug-likeness (QED) is 0.346. The zero-order valence-corrected chi connectivity index (χ0v) is 19.4. The van der Waals surface area contributed by atoms with Gasteiger partial charge in [0.1, 0.15) is 0 Å². The van der Waals surface area contributed by atoms with E-state index in [-0.39, 0.29) is 0 Å². The number of benzene rings is 3. The van der Waals surface area contributed by atoms with Crippen molar-refractivity contribution in [2.45, 2.75) is 0 Å². The highest BCUT2D eigenvalue weighted by Gasteiger charge is 2.18. The van der Waals surface area contributed by atoms with Crippen molar-refractivity contribution < 1.29 is 19.1 Å². The molecule has 0 radical (unpaired) electrons. The third-order valence-corrected chi connectivity index (χ3v) is 5.52. The van der Waals surface area contributed by atoms with Crippen LogP contribution in [-0.2, 0) is 9.47 Å². The summed E-state index contributed by atoms with van der Waals surface area (Å²) in [5.41, 5.74) is 3.40. The van der Waals surface area contributed by atoms with Crippen molar-refractivity contribution in [3.8, 4) is 45.6 Å². The number of aromatic nitrogens is 6. The van der Waals surface area contributed by atoms with Gasteiger partial charge in [-0.2, -0.15) is 10.2 Å². The fourth-order valence-corrected chi connectivity index (χ4v) is 3.78. The molecule has 3 aromatic carbocycles.